The minimum atomic E-state index is 0.310. The lowest BCUT2D eigenvalue weighted by atomic mass is 10.1. The monoisotopic (exact) mass is 204 g/mol. The molecule has 0 amide bonds. The fourth-order valence-corrected chi connectivity index (χ4v) is 1.65. The first-order valence-corrected chi connectivity index (χ1v) is 5.19. The Morgan fingerprint density at radius 3 is 2.73 bits per heavy atom. The summed E-state index contributed by atoms with van der Waals surface area (Å²) in [6.07, 6.45) is 1.77. The molecular weight excluding hydrogens is 188 g/mol. The molecule has 15 heavy (non-hydrogen) atoms. The van der Waals surface area contributed by atoms with E-state index in [0.29, 0.717) is 17.9 Å². The van der Waals surface area contributed by atoms with E-state index in [1.54, 1.807) is 6.20 Å². The average molecular weight is 204 g/mol. The van der Waals surface area contributed by atoms with Gasteiger partial charge in [-0.2, -0.15) is 0 Å². The van der Waals surface area contributed by atoms with Gasteiger partial charge in [-0.05, 0) is 25.0 Å². The molecule has 2 aromatic heterocycles. The minimum absolute atomic E-state index is 0.310. The quantitative estimate of drug-likeness (QED) is 0.816. The normalized spacial score (nSPS) is 13.6. The van der Waals surface area contributed by atoms with E-state index in [1.807, 2.05) is 16.7 Å². The Morgan fingerprint density at radius 1 is 1.33 bits per heavy atom. The number of pyridine rings is 1. The second kappa shape index (κ2) is 3.53. The largest absolute Gasteiger partial charge is 0.369 e. The molecule has 4 nitrogen and oxygen atoms in total. The number of nitrogens with zero attached hydrogens (tertiary/aromatic N) is 3. The fraction of sp³-hybridized carbons (Fsp3) is 0.455. The van der Waals surface area contributed by atoms with E-state index in [9.17, 15) is 0 Å². The lowest BCUT2D eigenvalue weighted by Gasteiger charge is -2.18. The average Bonchev–Trinajstić information content (AvgIpc) is 2.52. The molecule has 80 valence electrons. The van der Waals surface area contributed by atoms with E-state index >= 15 is 0 Å². The van der Waals surface area contributed by atoms with Gasteiger partial charge in [0.25, 0.3) is 0 Å². The van der Waals surface area contributed by atoms with Crippen molar-refractivity contribution in [3.05, 3.63) is 18.3 Å². The maximum absolute atomic E-state index is 5.90. The highest BCUT2D eigenvalue weighted by Crippen LogP contribution is 2.25. The van der Waals surface area contributed by atoms with Crippen molar-refractivity contribution >= 4 is 17.1 Å². The van der Waals surface area contributed by atoms with Crippen LogP contribution >= 0.6 is 0 Å². The van der Waals surface area contributed by atoms with Crippen molar-refractivity contribution in [2.45, 2.75) is 26.8 Å². The van der Waals surface area contributed by atoms with Crippen molar-refractivity contribution in [1.29, 1.82) is 0 Å². The third-order valence-corrected chi connectivity index (χ3v) is 2.85. The Bertz CT molecular complexity index is 472. The standard InChI is InChI=1S/C11H16N4/c1-7(2)8(3)15-10-9(14-11(15)12)5-4-6-13-10/h4-8H,1-3H3,(H2,12,14). The molecule has 0 radical (unpaired) electrons. The van der Waals surface area contributed by atoms with Gasteiger partial charge in [0.05, 0.1) is 0 Å². The van der Waals surface area contributed by atoms with E-state index in [4.69, 9.17) is 5.73 Å². The van der Waals surface area contributed by atoms with Crippen molar-refractivity contribution < 1.29 is 0 Å². The van der Waals surface area contributed by atoms with Crippen molar-refractivity contribution in [1.82, 2.24) is 14.5 Å². The topological polar surface area (TPSA) is 56.7 Å². The summed E-state index contributed by atoms with van der Waals surface area (Å²) in [6.45, 7) is 6.47. The summed E-state index contributed by atoms with van der Waals surface area (Å²) in [5.41, 5.74) is 7.64. The van der Waals surface area contributed by atoms with Gasteiger partial charge < -0.3 is 5.73 Å². The van der Waals surface area contributed by atoms with Gasteiger partial charge in [0.1, 0.15) is 5.52 Å². The molecule has 2 aromatic rings. The highest BCUT2D eigenvalue weighted by Gasteiger charge is 2.16. The summed E-state index contributed by atoms with van der Waals surface area (Å²) >= 11 is 0. The van der Waals surface area contributed by atoms with Gasteiger partial charge in [0.15, 0.2) is 5.65 Å². The molecule has 0 fully saturated rings. The van der Waals surface area contributed by atoms with Crippen LogP contribution in [0.1, 0.15) is 26.8 Å². The molecule has 0 aliphatic carbocycles. The summed E-state index contributed by atoms with van der Waals surface area (Å²) < 4.78 is 2.00. The van der Waals surface area contributed by atoms with E-state index < -0.39 is 0 Å². The Labute approximate surface area is 89.1 Å². The van der Waals surface area contributed by atoms with Crippen molar-refractivity contribution in [3.8, 4) is 0 Å². The molecule has 2 N–H and O–H groups in total. The molecule has 0 aliphatic rings. The van der Waals surface area contributed by atoms with E-state index in [-0.39, 0.29) is 0 Å². The molecule has 0 saturated heterocycles. The SMILES string of the molecule is CC(C)C(C)n1c(N)nc2cccnc21. The Hall–Kier alpha value is -1.58. The van der Waals surface area contributed by atoms with Gasteiger partial charge >= 0.3 is 0 Å². The first-order chi connectivity index (χ1) is 7.11. The number of nitrogens with two attached hydrogens (primary N) is 1. The van der Waals surface area contributed by atoms with Gasteiger partial charge in [-0.15, -0.1) is 0 Å². The molecule has 0 aliphatic heterocycles. The summed E-state index contributed by atoms with van der Waals surface area (Å²) in [5, 5.41) is 0. The molecule has 0 bridgehead atoms. The van der Waals surface area contributed by atoms with Crippen LogP contribution in [0, 0.1) is 5.92 Å². The van der Waals surface area contributed by atoms with Crippen molar-refractivity contribution in [2.24, 2.45) is 5.92 Å². The number of rotatable bonds is 2. The smallest absolute Gasteiger partial charge is 0.202 e. The van der Waals surface area contributed by atoms with Crippen LogP contribution in [0.4, 0.5) is 5.95 Å². The zero-order chi connectivity index (χ0) is 11.0. The number of fused-ring (bicyclic) bond motifs is 1. The summed E-state index contributed by atoms with van der Waals surface area (Å²) in [5.74, 6) is 1.05. The molecule has 2 heterocycles. The lowest BCUT2D eigenvalue weighted by Crippen LogP contribution is -2.14. The molecule has 1 unspecified atom stereocenters. The molecule has 4 heteroatoms. The fourth-order valence-electron chi connectivity index (χ4n) is 1.65. The molecule has 1 atom stereocenters. The van der Waals surface area contributed by atoms with Gasteiger partial charge in [-0.1, -0.05) is 13.8 Å². The third-order valence-electron chi connectivity index (χ3n) is 2.85. The number of anilines is 1. The summed E-state index contributed by atoms with van der Waals surface area (Å²) in [7, 11) is 0. The number of hydrogen-bond acceptors (Lipinski definition) is 3. The van der Waals surface area contributed by atoms with E-state index in [0.717, 1.165) is 11.2 Å². The lowest BCUT2D eigenvalue weighted by molar-refractivity contribution is 0.419. The van der Waals surface area contributed by atoms with Gasteiger partial charge in [0, 0.05) is 12.2 Å². The Balaban J connectivity index is 2.63. The zero-order valence-electron chi connectivity index (χ0n) is 9.31. The molecule has 2 rings (SSSR count). The highest BCUT2D eigenvalue weighted by molar-refractivity contribution is 5.73. The first-order valence-electron chi connectivity index (χ1n) is 5.19. The predicted molar refractivity (Wildman–Crippen MR) is 61.5 cm³/mol. The number of nitrogen functional groups attached to an aromatic ring is 1. The summed E-state index contributed by atoms with van der Waals surface area (Å²) in [6, 6.07) is 4.12. The summed E-state index contributed by atoms with van der Waals surface area (Å²) in [4.78, 5) is 8.62. The number of imidazole rings is 1. The number of aromatic nitrogens is 3. The van der Waals surface area contributed by atoms with Gasteiger partial charge in [-0.3, -0.25) is 4.57 Å². The maximum Gasteiger partial charge on any atom is 0.202 e. The van der Waals surface area contributed by atoms with Crippen LogP contribution < -0.4 is 5.73 Å². The van der Waals surface area contributed by atoms with Crippen LogP contribution in [-0.4, -0.2) is 14.5 Å². The van der Waals surface area contributed by atoms with Crippen molar-refractivity contribution in [3.63, 3.8) is 0 Å². The third kappa shape index (κ3) is 1.56. The van der Waals surface area contributed by atoms with Gasteiger partial charge in [-0.25, -0.2) is 9.97 Å². The second-order valence-electron chi connectivity index (χ2n) is 4.17. The van der Waals surface area contributed by atoms with Crippen LogP contribution in [0.25, 0.3) is 11.2 Å². The van der Waals surface area contributed by atoms with Crippen LogP contribution in [0.15, 0.2) is 18.3 Å². The maximum atomic E-state index is 5.90. The van der Waals surface area contributed by atoms with Crippen LogP contribution in [0.2, 0.25) is 0 Å². The molecule has 0 saturated carbocycles. The first kappa shape index (κ1) is 9.96. The molecule has 0 aromatic carbocycles. The Morgan fingerprint density at radius 2 is 2.07 bits per heavy atom. The Kier molecular flexibility index (Phi) is 2.34. The molecular formula is C11H16N4. The van der Waals surface area contributed by atoms with Gasteiger partial charge in [0.2, 0.25) is 5.95 Å². The van der Waals surface area contributed by atoms with Crippen LogP contribution in [0.3, 0.4) is 0 Å². The van der Waals surface area contributed by atoms with E-state index in [1.165, 1.54) is 0 Å². The molecule has 0 spiro atoms. The number of hydrogen-bond donors (Lipinski definition) is 1. The highest BCUT2D eigenvalue weighted by atomic mass is 15.2. The predicted octanol–water partition coefficient (Wildman–Crippen LogP) is 2.23. The van der Waals surface area contributed by atoms with Crippen molar-refractivity contribution in [2.75, 3.05) is 5.73 Å². The van der Waals surface area contributed by atoms with Crippen LogP contribution in [0.5, 0.6) is 0 Å². The minimum Gasteiger partial charge on any atom is -0.369 e. The second-order valence-corrected chi connectivity index (χ2v) is 4.17. The zero-order valence-corrected chi connectivity index (χ0v) is 9.31. The van der Waals surface area contributed by atoms with Crippen LogP contribution in [-0.2, 0) is 0 Å². The van der Waals surface area contributed by atoms with E-state index in [2.05, 4.69) is 30.7 Å².